The predicted octanol–water partition coefficient (Wildman–Crippen LogP) is 2.51. The van der Waals surface area contributed by atoms with E-state index in [0.29, 0.717) is 6.42 Å². The number of urea groups is 1. The van der Waals surface area contributed by atoms with E-state index in [-0.39, 0.29) is 24.5 Å². The van der Waals surface area contributed by atoms with Gasteiger partial charge in [-0.15, -0.1) is 0 Å². The molecule has 1 aromatic rings. The van der Waals surface area contributed by atoms with Crippen LogP contribution in [-0.4, -0.2) is 23.1 Å². The number of rotatable bonds is 6. The van der Waals surface area contributed by atoms with Gasteiger partial charge in [-0.1, -0.05) is 6.92 Å². The maximum Gasteiger partial charge on any atom is 0.315 e. The Hall–Kier alpha value is -1.98. The summed E-state index contributed by atoms with van der Waals surface area (Å²) in [5, 5.41) is 14.2. The molecule has 0 aromatic carbocycles. The fourth-order valence-electron chi connectivity index (χ4n) is 2.09. The third kappa shape index (κ3) is 4.60. The Bertz CT molecular complexity index is 482. The molecule has 20 heavy (non-hydrogen) atoms. The topological polar surface area (TPSA) is 91.6 Å². The molecule has 2 atom stereocenters. The van der Waals surface area contributed by atoms with E-state index >= 15 is 0 Å². The monoisotopic (exact) mass is 282 g/mol. The van der Waals surface area contributed by atoms with Crippen LogP contribution in [0.2, 0.25) is 0 Å². The van der Waals surface area contributed by atoms with Crippen LogP contribution in [0, 0.1) is 13.8 Å². The average Bonchev–Trinajstić information content (AvgIpc) is 2.66. The van der Waals surface area contributed by atoms with Crippen molar-refractivity contribution in [1.82, 2.24) is 10.6 Å². The highest BCUT2D eigenvalue weighted by Crippen LogP contribution is 2.20. The van der Waals surface area contributed by atoms with E-state index in [4.69, 9.17) is 9.52 Å². The molecule has 0 radical (unpaired) electrons. The van der Waals surface area contributed by atoms with Crippen molar-refractivity contribution in [3.63, 3.8) is 0 Å². The summed E-state index contributed by atoms with van der Waals surface area (Å²) in [4.78, 5) is 22.5. The van der Waals surface area contributed by atoms with Crippen LogP contribution in [0.4, 0.5) is 4.79 Å². The number of aliphatic carboxylic acids is 1. The minimum absolute atomic E-state index is 0.0812. The molecule has 0 aliphatic rings. The maximum absolute atomic E-state index is 11.8. The van der Waals surface area contributed by atoms with Crippen LogP contribution < -0.4 is 10.6 Å². The van der Waals surface area contributed by atoms with Crippen LogP contribution in [0.5, 0.6) is 0 Å². The molecule has 0 saturated heterocycles. The number of carboxylic acid groups (broad SMARTS) is 1. The summed E-state index contributed by atoms with van der Waals surface area (Å²) in [5.74, 6) is 0.642. The van der Waals surface area contributed by atoms with Crippen LogP contribution in [0.25, 0.3) is 0 Å². The van der Waals surface area contributed by atoms with E-state index in [1.807, 2.05) is 33.8 Å². The van der Waals surface area contributed by atoms with Gasteiger partial charge in [0.25, 0.3) is 0 Å². The number of hydrogen-bond donors (Lipinski definition) is 3. The Labute approximate surface area is 118 Å². The summed E-state index contributed by atoms with van der Waals surface area (Å²) in [6.45, 7) is 7.39. The van der Waals surface area contributed by atoms with Gasteiger partial charge in [-0.25, -0.2) is 4.79 Å². The number of furan rings is 1. The SMILES string of the molecule is CCC(CC(=O)O)NC(=O)NC(C)c1cc(C)oc1C. The molecule has 1 heterocycles. The average molecular weight is 282 g/mol. The van der Waals surface area contributed by atoms with Crippen LogP contribution in [-0.2, 0) is 4.79 Å². The number of carbonyl (C=O) groups is 2. The van der Waals surface area contributed by atoms with E-state index < -0.39 is 5.97 Å². The van der Waals surface area contributed by atoms with Crippen LogP contribution in [0.1, 0.15) is 49.8 Å². The van der Waals surface area contributed by atoms with Crippen LogP contribution >= 0.6 is 0 Å². The van der Waals surface area contributed by atoms with Gasteiger partial charge in [0.2, 0.25) is 0 Å². The second-order valence-electron chi connectivity index (χ2n) is 4.91. The molecule has 2 unspecified atom stereocenters. The van der Waals surface area contributed by atoms with Gasteiger partial charge in [0.1, 0.15) is 11.5 Å². The van der Waals surface area contributed by atoms with E-state index in [9.17, 15) is 9.59 Å². The highest BCUT2D eigenvalue weighted by molar-refractivity contribution is 5.76. The molecule has 0 bridgehead atoms. The molecule has 0 aliphatic heterocycles. The zero-order chi connectivity index (χ0) is 15.3. The molecule has 0 fully saturated rings. The zero-order valence-electron chi connectivity index (χ0n) is 12.3. The second-order valence-corrected chi connectivity index (χ2v) is 4.91. The van der Waals surface area contributed by atoms with E-state index in [1.165, 1.54) is 0 Å². The molecular weight excluding hydrogens is 260 g/mol. The lowest BCUT2D eigenvalue weighted by atomic mass is 10.1. The molecule has 0 saturated carbocycles. The van der Waals surface area contributed by atoms with Crippen molar-refractivity contribution in [2.45, 2.75) is 52.6 Å². The molecule has 6 nitrogen and oxygen atoms in total. The minimum Gasteiger partial charge on any atom is -0.481 e. The number of carboxylic acids is 1. The Balaban J connectivity index is 2.57. The lowest BCUT2D eigenvalue weighted by molar-refractivity contribution is -0.137. The fraction of sp³-hybridized carbons (Fsp3) is 0.571. The minimum atomic E-state index is -0.925. The predicted molar refractivity (Wildman–Crippen MR) is 74.6 cm³/mol. The normalized spacial score (nSPS) is 13.6. The summed E-state index contributed by atoms with van der Waals surface area (Å²) >= 11 is 0. The zero-order valence-corrected chi connectivity index (χ0v) is 12.3. The molecule has 6 heteroatoms. The molecule has 0 spiro atoms. The lowest BCUT2D eigenvalue weighted by Gasteiger charge is -2.18. The third-order valence-corrected chi connectivity index (χ3v) is 3.14. The summed E-state index contributed by atoms with van der Waals surface area (Å²) in [5.41, 5.74) is 0.920. The molecule has 0 aliphatic carbocycles. The van der Waals surface area contributed by atoms with Crippen LogP contribution in [0.3, 0.4) is 0 Å². The third-order valence-electron chi connectivity index (χ3n) is 3.14. The van der Waals surface area contributed by atoms with Gasteiger partial charge in [-0.05, 0) is 33.3 Å². The number of hydrogen-bond acceptors (Lipinski definition) is 3. The lowest BCUT2D eigenvalue weighted by Crippen LogP contribution is -2.43. The Kier molecular flexibility index (Phi) is 5.61. The van der Waals surface area contributed by atoms with Gasteiger partial charge in [0.05, 0.1) is 12.5 Å². The molecule has 112 valence electrons. The second kappa shape index (κ2) is 6.98. The highest BCUT2D eigenvalue weighted by atomic mass is 16.4. The first-order chi connectivity index (χ1) is 9.33. The molecule has 2 amide bonds. The largest absolute Gasteiger partial charge is 0.481 e. The molecule has 3 N–H and O–H groups in total. The standard InChI is InChI=1S/C14H22N2O4/c1-5-11(7-13(17)18)16-14(19)15-9(3)12-6-8(2)20-10(12)4/h6,9,11H,5,7H2,1-4H3,(H,17,18)(H2,15,16,19). The molecule has 1 rings (SSSR count). The van der Waals surface area contributed by atoms with Crippen molar-refractivity contribution in [3.05, 3.63) is 23.2 Å². The Morgan fingerprint density at radius 2 is 2.00 bits per heavy atom. The van der Waals surface area contributed by atoms with Crippen molar-refractivity contribution >= 4 is 12.0 Å². The number of aryl methyl sites for hydroxylation is 2. The van der Waals surface area contributed by atoms with E-state index in [1.54, 1.807) is 0 Å². The van der Waals surface area contributed by atoms with Gasteiger partial charge in [0.15, 0.2) is 0 Å². The Morgan fingerprint density at radius 3 is 2.45 bits per heavy atom. The molecule has 1 aromatic heterocycles. The van der Waals surface area contributed by atoms with Gasteiger partial charge in [0, 0.05) is 11.6 Å². The fourth-order valence-corrected chi connectivity index (χ4v) is 2.09. The summed E-state index contributed by atoms with van der Waals surface area (Å²) < 4.78 is 5.42. The smallest absolute Gasteiger partial charge is 0.315 e. The summed E-state index contributed by atoms with van der Waals surface area (Å²) in [7, 11) is 0. The van der Waals surface area contributed by atoms with Crippen LogP contribution in [0.15, 0.2) is 10.5 Å². The van der Waals surface area contributed by atoms with Crippen molar-refractivity contribution in [1.29, 1.82) is 0 Å². The van der Waals surface area contributed by atoms with E-state index in [2.05, 4.69) is 10.6 Å². The first-order valence-electron chi connectivity index (χ1n) is 6.69. The van der Waals surface area contributed by atoms with Gasteiger partial charge >= 0.3 is 12.0 Å². The van der Waals surface area contributed by atoms with Gasteiger partial charge < -0.3 is 20.2 Å². The maximum atomic E-state index is 11.8. The van der Waals surface area contributed by atoms with Crippen molar-refractivity contribution in [2.24, 2.45) is 0 Å². The van der Waals surface area contributed by atoms with Gasteiger partial charge in [-0.3, -0.25) is 4.79 Å². The quantitative estimate of drug-likeness (QED) is 0.747. The number of carbonyl (C=O) groups excluding carboxylic acids is 1. The summed E-state index contributed by atoms with van der Waals surface area (Å²) in [6, 6.07) is 0.944. The number of amides is 2. The van der Waals surface area contributed by atoms with Crippen molar-refractivity contribution in [2.75, 3.05) is 0 Å². The van der Waals surface area contributed by atoms with Crippen molar-refractivity contribution < 1.29 is 19.1 Å². The van der Waals surface area contributed by atoms with E-state index in [0.717, 1.165) is 17.1 Å². The van der Waals surface area contributed by atoms with Gasteiger partial charge in [-0.2, -0.15) is 0 Å². The Morgan fingerprint density at radius 1 is 1.35 bits per heavy atom. The highest BCUT2D eigenvalue weighted by Gasteiger charge is 2.18. The first kappa shape index (κ1) is 16.1. The number of nitrogens with one attached hydrogen (secondary N) is 2. The summed E-state index contributed by atoms with van der Waals surface area (Å²) in [6.07, 6.45) is 0.486. The molecular formula is C14H22N2O4. The van der Waals surface area contributed by atoms with Crippen molar-refractivity contribution in [3.8, 4) is 0 Å². The first-order valence-corrected chi connectivity index (χ1v) is 6.69.